The van der Waals surface area contributed by atoms with Gasteiger partial charge < -0.3 is 28.8 Å². The normalized spacial score (nSPS) is 11.1. The van der Waals surface area contributed by atoms with Gasteiger partial charge in [-0.05, 0) is 23.8 Å². The van der Waals surface area contributed by atoms with Crippen LogP contribution in [0.5, 0.6) is 0 Å². The highest BCUT2D eigenvalue weighted by molar-refractivity contribution is 7.80. The molecule has 0 saturated carbocycles. The number of benzene rings is 3. The minimum absolute atomic E-state index is 0. The van der Waals surface area contributed by atoms with Crippen molar-refractivity contribution in [1.29, 1.82) is 0 Å². The molecule has 0 aromatic heterocycles. The van der Waals surface area contributed by atoms with Crippen molar-refractivity contribution < 1.29 is 32.5 Å². The fourth-order valence-electron chi connectivity index (χ4n) is 2.97. The van der Waals surface area contributed by atoms with Gasteiger partial charge in [-0.3, -0.25) is 14.4 Å². The van der Waals surface area contributed by atoms with E-state index < -0.39 is 6.04 Å². The van der Waals surface area contributed by atoms with E-state index in [2.05, 4.69) is 29.0 Å². The quantitative estimate of drug-likeness (QED) is 0.266. The fourth-order valence-corrected chi connectivity index (χ4v) is 3.13. The van der Waals surface area contributed by atoms with Crippen LogP contribution >= 0.6 is 12.6 Å². The van der Waals surface area contributed by atoms with Crippen LogP contribution in [0.3, 0.4) is 0 Å². The Morgan fingerprint density at radius 1 is 0.875 bits per heavy atom. The average Bonchev–Trinajstić information content (AvgIpc) is 2.80. The number of hydrogen-bond acceptors (Lipinski definition) is 4. The van der Waals surface area contributed by atoms with Crippen LogP contribution in [0.25, 0.3) is 0 Å². The molecule has 3 aromatic rings. The Balaban J connectivity index is 0.00000363. The third-order valence-corrected chi connectivity index (χ3v) is 5.08. The number of hydrogen-bond donors (Lipinski definition) is 4. The van der Waals surface area contributed by atoms with Gasteiger partial charge in [0.05, 0.1) is 17.9 Å². The molecule has 32 heavy (non-hydrogen) atoms. The second-order valence-corrected chi connectivity index (χ2v) is 7.40. The highest BCUT2D eigenvalue weighted by Crippen LogP contribution is 2.24. The van der Waals surface area contributed by atoms with E-state index in [1.807, 2.05) is 36.4 Å². The predicted molar refractivity (Wildman–Crippen MR) is 124 cm³/mol. The number of carbonyl (C=O) groups excluding carboxylic acids is 3. The first kappa shape index (κ1) is 25.1. The van der Waals surface area contributed by atoms with E-state index >= 15 is 0 Å². The molecular weight excluding hydrogens is 446 g/mol. The predicted octanol–water partition coefficient (Wildman–Crippen LogP) is -0.418. The first-order valence-corrected chi connectivity index (χ1v) is 10.4. The van der Waals surface area contributed by atoms with Gasteiger partial charge in [0.2, 0.25) is 5.91 Å². The molecule has 0 unspecified atom stereocenters. The van der Waals surface area contributed by atoms with Crippen LogP contribution in [0.4, 0.5) is 11.4 Å². The van der Waals surface area contributed by atoms with Crippen LogP contribution in [-0.4, -0.2) is 29.4 Å². The standard InChI is InChI=1S/C24H23N3O3S.ClH/c25-20(15-31)24(30)26-18-11-12-21(27-22(28)13-16-7-3-1-4-8-16)19(14-18)23(29)17-9-5-2-6-10-17;/h1-12,14,20,31H,13,15,25H2,(H,26,30)(H,27,28);1H/t20-;/m0./s1. The molecule has 0 saturated heterocycles. The maximum Gasteiger partial charge on any atom is 0.283 e. The maximum absolute atomic E-state index is 13.1. The third kappa shape index (κ3) is 6.68. The van der Waals surface area contributed by atoms with Gasteiger partial charge in [-0.15, -0.1) is 0 Å². The fraction of sp³-hybridized carbons (Fsp3) is 0.125. The molecule has 3 aromatic carbocycles. The molecule has 0 bridgehead atoms. The Morgan fingerprint density at radius 2 is 1.50 bits per heavy atom. The van der Waals surface area contributed by atoms with Gasteiger partial charge in [0.1, 0.15) is 0 Å². The van der Waals surface area contributed by atoms with Crippen molar-refractivity contribution in [3.8, 4) is 0 Å². The molecule has 0 heterocycles. The lowest BCUT2D eigenvalue weighted by Crippen LogP contribution is -3.00. The number of quaternary nitrogens is 1. The van der Waals surface area contributed by atoms with Gasteiger partial charge in [0.15, 0.2) is 11.8 Å². The summed E-state index contributed by atoms with van der Waals surface area (Å²) in [7, 11) is 0. The number of amides is 2. The van der Waals surface area contributed by atoms with E-state index in [1.165, 1.54) is 0 Å². The minimum Gasteiger partial charge on any atom is -1.00 e. The van der Waals surface area contributed by atoms with E-state index in [1.54, 1.807) is 42.5 Å². The van der Waals surface area contributed by atoms with Crippen molar-refractivity contribution in [2.45, 2.75) is 12.5 Å². The lowest BCUT2D eigenvalue weighted by atomic mass is 10.0. The monoisotopic (exact) mass is 469 g/mol. The largest absolute Gasteiger partial charge is 1.00 e. The number of anilines is 2. The molecule has 8 heteroatoms. The lowest BCUT2D eigenvalue weighted by Gasteiger charge is -2.14. The molecule has 0 aliphatic heterocycles. The highest BCUT2D eigenvalue weighted by atomic mass is 35.5. The van der Waals surface area contributed by atoms with E-state index in [-0.39, 0.29) is 42.0 Å². The Bertz CT molecular complexity index is 1080. The van der Waals surface area contributed by atoms with Gasteiger partial charge >= 0.3 is 0 Å². The lowest BCUT2D eigenvalue weighted by molar-refractivity contribution is -0.395. The molecule has 0 aliphatic carbocycles. The molecule has 3 rings (SSSR count). The first-order valence-electron chi connectivity index (χ1n) is 9.80. The number of nitrogens with one attached hydrogen (secondary N) is 2. The summed E-state index contributed by atoms with van der Waals surface area (Å²) in [4.78, 5) is 37.9. The van der Waals surface area contributed by atoms with Crippen molar-refractivity contribution in [2.75, 3.05) is 16.4 Å². The van der Waals surface area contributed by atoms with Gasteiger partial charge in [-0.2, -0.15) is 12.6 Å². The molecule has 0 spiro atoms. The van der Waals surface area contributed by atoms with E-state index in [9.17, 15) is 14.4 Å². The van der Waals surface area contributed by atoms with Crippen molar-refractivity contribution in [2.24, 2.45) is 0 Å². The summed E-state index contributed by atoms with van der Waals surface area (Å²) in [5, 5.41) is 5.57. The molecule has 0 fully saturated rings. The summed E-state index contributed by atoms with van der Waals surface area (Å²) in [5.74, 6) is -0.492. The zero-order chi connectivity index (χ0) is 22.2. The summed E-state index contributed by atoms with van der Waals surface area (Å²) in [6.45, 7) is 0. The number of thiol groups is 1. The van der Waals surface area contributed by atoms with Crippen LogP contribution in [0.15, 0.2) is 78.9 Å². The average molecular weight is 470 g/mol. The second kappa shape index (κ2) is 12.0. The van der Waals surface area contributed by atoms with Crippen LogP contribution < -0.4 is 28.8 Å². The van der Waals surface area contributed by atoms with Crippen LogP contribution in [0.1, 0.15) is 21.5 Å². The molecule has 0 aliphatic rings. The van der Waals surface area contributed by atoms with Crippen LogP contribution in [-0.2, 0) is 16.0 Å². The van der Waals surface area contributed by atoms with Gasteiger partial charge in [-0.25, -0.2) is 0 Å². The molecular formula is C24H24ClN3O3S. The summed E-state index contributed by atoms with van der Waals surface area (Å²) in [5.41, 5.74) is 6.21. The van der Waals surface area contributed by atoms with Crippen molar-refractivity contribution in [1.82, 2.24) is 0 Å². The van der Waals surface area contributed by atoms with Crippen molar-refractivity contribution >= 4 is 41.6 Å². The molecule has 0 radical (unpaired) electrons. The third-order valence-electron chi connectivity index (χ3n) is 4.64. The van der Waals surface area contributed by atoms with Crippen LogP contribution in [0.2, 0.25) is 0 Å². The van der Waals surface area contributed by atoms with Crippen molar-refractivity contribution in [3.63, 3.8) is 0 Å². The smallest absolute Gasteiger partial charge is 0.283 e. The Hall–Kier alpha value is -3.13. The molecule has 1 atom stereocenters. The minimum atomic E-state index is -0.526. The van der Waals surface area contributed by atoms with E-state index in [0.717, 1.165) is 5.56 Å². The molecule has 5 N–H and O–H groups in total. The SMILES string of the molecule is [Cl-].[NH3+][C@@H](CS)C(=O)Nc1ccc(NC(=O)Cc2ccccc2)c(C(=O)c2ccccc2)c1. The van der Waals surface area contributed by atoms with Crippen molar-refractivity contribution in [3.05, 3.63) is 95.6 Å². The Morgan fingerprint density at radius 3 is 2.12 bits per heavy atom. The zero-order valence-corrected chi connectivity index (χ0v) is 18.9. The topological polar surface area (TPSA) is 103 Å². The first-order chi connectivity index (χ1) is 15.0. The van der Waals surface area contributed by atoms with Gasteiger partial charge in [0.25, 0.3) is 5.91 Å². The number of rotatable bonds is 8. The summed E-state index contributed by atoms with van der Waals surface area (Å²) in [6, 6.07) is 22.4. The number of carbonyl (C=O) groups is 3. The number of halogens is 1. The second-order valence-electron chi connectivity index (χ2n) is 7.03. The van der Waals surface area contributed by atoms with Gasteiger partial charge in [-0.1, -0.05) is 60.7 Å². The molecule has 166 valence electrons. The Labute approximate surface area is 198 Å². The zero-order valence-electron chi connectivity index (χ0n) is 17.3. The summed E-state index contributed by atoms with van der Waals surface area (Å²) < 4.78 is 0. The molecule has 2 amide bonds. The van der Waals surface area contributed by atoms with E-state index in [0.29, 0.717) is 22.7 Å². The number of ketones is 1. The summed E-state index contributed by atoms with van der Waals surface area (Å²) >= 11 is 4.09. The summed E-state index contributed by atoms with van der Waals surface area (Å²) in [6.07, 6.45) is 0.184. The van der Waals surface area contributed by atoms with E-state index in [4.69, 9.17) is 0 Å². The maximum atomic E-state index is 13.1. The van der Waals surface area contributed by atoms with Crippen LogP contribution in [0, 0.1) is 0 Å². The highest BCUT2D eigenvalue weighted by Gasteiger charge is 2.19. The molecule has 6 nitrogen and oxygen atoms in total. The Kier molecular flexibility index (Phi) is 9.46. The van der Waals surface area contributed by atoms with Gasteiger partial charge in [0, 0.05) is 16.8 Å².